The predicted molar refractivity (Wildman–Crippen MR) is 67.9 cm³/mol. The zero-order chi connectivity index (χ0) is 12.7. The zero-order valence-corrected chi connectivity index (χ0v) is 11.4. The minimum Gasteiger partial charge on any atom is -0.396 e. The van der Waals surface area contributed by atoms with Crippen LogP contribution in [-0.2, 0) is 9.47 Å². The lowest BCUT2D eigenvalue weighted by Gasteiger charge is -2.22. The highest BCUT2D eigenvalue weighted by molar-refractivity contribution is 4.78. The fraction of sp³-hybridized carbons (Fsp3) is 1.00. The van der Waals surface area contributed by atoms with Crippen molar-refractivity contribution in [2.24, 2.45) is 5.92 Å². The van der Waals surface area contributed by atoms with Gasteiger partial charge in [0.2, 0.25) is 0 Å². The van der Waals surface area contributed by atoms with E-state index in [0.717, 1.165) is 19.5 Å². The molecule has 17 heavy (non-hydrogen) atoms. The second-order valence-electron chi connectivity index (χ2n) is 5.20. The number of aliphatic hydroxyl groups excluding tert-OH is 1. The van der Waals surface area contributed by atoms with Crippen molar-refractivity contribution in [3.8, 4) is 0 Å². The summed E-state index contributed by atoms with van der Waals surface area (Å²) in [5.74, 6) is -0.320. The fourth-order valence-corrected chi connectivity index (χ4v) is 2.06. The summed E-state index contributed by atoms with van der Waals surface area (Å²) in [6, 6.07) is 0. The lowest BCUT2D eigenvalue weighted by Crippen LogP contribution is -2.31. The Bertz CT molecular complexity index is 209. The standard InChI is InChI=1S/C13H27NO3/c1-4-5-7-14-8-6-11(9-15)12-10-16-13(2,3)17-12/h11-12,14-15H,4-10H2,1-3H3. The van der Waals surface area contributed by atoms with Gasteiger partial charge in [0.25, 0.3) is 0 Å². The van der Waals surface area contributed by atoms with E-state index in [2.05, 4.69) is 12.2 Å². The third kappa shape index (κ3) is 5.34. The molecule has 2 unspecified atom stereocenters. The summed E-state index contributed by atoms with van der Waals surface area (Å²) in [6.45, 7) is 8.77. The number of nitrogens with one attached hydrogen (secondary N) is 1. The number of rotatable bonds is 8. The molecule has 1 saturated heterocycles. The molecule has 0 spiro atoms. The van der Waals surface area contributed by atoms with Crippen LogP contribution >= 0.6 is 0 Å². The molecule has 1 rings (SSSR count). The molecule has 0 radical (unpaired) electrons. The van der Waals surface area contributed by atoms with Crippen LogP contribution < -0.4 is 5.32 Å². The monoisotopic (exact) mass is 245 g/mol. The van der Waals surface area contributed by atoms with Crippen LogP contribution in [0.2, 0.25) is 0 Å². The van der Waals surface area contributed by atoms with E-state index in [0.29, 0.717) is 6.61 Å². The molecule has 0 aromatic carbocycles. The molecule has 0 amide bonds. The van der Waals surface area contributed by atoms with Gasteiger partial charge in [0.15, 0.2) is 5.79 Å². The molecule has 4 nitrogen and oxygen atoms in total. The summed E-state index contributed by atoms with van der Waals surface area (Å²) in [5.41, 5.74) is 0. The van der Waals surface area contributed by atoms with Gasteiger partial charge < -0.3 is 19.9 Å². The highest BCUT2D eigenvalue weighted by Gasteiger charge is 2.36. The molecular weight excluding hydrogens is 218 g/mol. The number of hydrogen-bond donors (Lipinski definition) is 2. The van der Waals surface area contributed by atoms with Gasteiger partial charge in [-0.3, -0.25) is 0 Å². The van der Waals surface area contributed by atoms with Crippen molar-refractivity contribution in [1.29, 1.82) is 0 Å². The predicted octanol–water partition coefficient (Wildman–Crippen LogP) is 1.53. The van der Waals surface area contributed by atoms with Crippen LogP contribution in [0.4, 0.5) is 0 Å². The van der Waals surface area contributed by atoms with Crippen molar-refractivity contribution >= 4 is 0 Å². The normalized spacial score (nSPS) is 25.1. The minimum absolute atomic E-state index is 0.0305. The summed E-state index contributed by atoms with van der Waals surface area (Å²) >= 11 is 0. The maximum absolute atomic E-state index is 9.40. The molecule has 4 heteroatoms. The van der Waals surface area contributed by atoms with Gasteiger partial charge in [0.1, 0.15) is 0 Å². The topological polar surface area (TPSA) is 50.7 Å². The van der Waals surface area contributed by atoms with Gasteiger partial charge in [-0.2, -0.15) is 0 Å². The van der Waals surface area contributed by atoms with Gasteiger partial charge in [0, 0.05) is 12.5 Å². The average molecular weight is 245 g/mol. The Morgan fingerprint density at radius 2 is 2.18 bits per heavy atom. The maximum atomic E-state index is 9.40. The van der Waals surface area contributed by atoms with E-state index in [1.54, 1.807) is 0 Å². The summed E-state index contributed by atoms with van der Waals surface area (Å²) in [7, 11) is 0. The van der Waals surface area contributed by atoms with Crippen molar-refractivity contribution in [1.82, 2.24) is 5.32 Å². The first-order valence-corrected chi connectivity index (χ1v) is 6.72. The van der Waals surface area contributed by atoms with Gasteiger partial charge >= 0.3 is 0 Å². The van der Waals surface area contributed by atoms with E-state index in [-0.39, 0.29) is 18.6 Å². The smallest absolute Gasteiger partial charge is 0.163 e. The number of aliphatic hydroxyl groups is 1. The number of hydrogen-bond acceptors (Lipinski definition) is 4. The van der Waals surface area contributed by atoms with E-state index in [1.807, 2.05) is 13.8 Å². The molecule has 0 bridgehead atoms. The second kappa shape index (κ2) is 7.31. The van der Waals surface area contributed by atoms with E-state index in [4.69, 9.17) is 9.47 Å². The molecule has 102 valence electrons. The first kappa shape index (κ1) is 14.9. The van der Waals surface area contributed by atoms with Gasteiger partial charge in [-0.05, 0) is 39.8 Å². The molecular formula is C13H27NO3. The van der Waals surface area contributed by atoms with Gasteiger partial charge in [-0.25, -0.2) is 0 Å². The van der Waals surface area contributed by atoms with Gasteiger partial charge in [0.05, 0.1) is 12.7 Å². The van der Waals surface area contributed by atoms with E-state index < -0.39 is 5.79 Å². The third-order valence-electron chi connectivity index (χ3n) is 3.19. The summed E-state index contributed by atoms with van der Waals surface area (Å²) in [5, 5.41) is 12.8. The third-order valence-corrected chi connectivity index (χ3v) is 3.19. The van der Waals surface area contributed by atoms with Crippen LogP contribution in [0.25, 0.3) is 0 Å². The van der Waals surface area contributed by atoms with Crippen molar-refractivity contribution < 1.29 is 14.6 Å². The molecule has 1 aliphatic rings. The summed E-state index contributed by atoms with van der Waals surface area (Å²) in [4.78, 5) is 0. The van der Waals surface area contributed by atoms with E-state index in [1.165, 1.54) is 12.8 Å². The SMILES string of the molecule is CCCCNCCC(CO)C1COC(C)(C)O1. The summed E-state index contributed by atoms with van der Waals surface area (Å²) < 4.78 is 11.3. The summed E-state index contributed by atoms with van der Waals surface area (Å²) in [6.07, 6.45) is 3.39. The van der Waals surface area contributed by atoms with Crippen molar-refractivity contribution in [2.45, 2.75) is 51.9 Å². The lowest BCUT2D eigenvalue weighted by atomic mass is 10.00. The molecule has 1 aliphatic heterocycles. The lowest BCUT2D eigenvalue weighted by molar-refractivity contribution is -0.146. The van der Waals surface area contributed by atoms with Crippen molar-refractivity contribution in [3.05, 3.63) is 0 Å². The highest BCUT2D eigenvalue weighted by atomic mass is 16.7. The van der Waals surface area contributed by atoms with Crippen LogP contribution in [0.1, 0.15) is 40.0 Å². The quantitative estimate of drug-likeness (QED) is 0.637. The van der Waals surface area contributed by atoms with Gasteiger partial charge in [-0.15, -0.1) is 0 Å². The molecule has 0 aromatic rings. The average Bonchev–Trinajstić information content (AvgIpc) is 2.64. The molecule has 0 aliphatic carbocycles. The van der Waals surface area contributed by atoms with Crippen LogP contribution in [0.5, 0.6) is 0 Å². The van der Waals surface area contributed by atoms with Crippen molar-refractivity contribution in [2.75, 3.05) is 26.3 Å². The van der Waals surface area contributed by atoms with Gasteiger partial charge in [-0.1, -0.05) is 13.3 Å². The van der Waals surface area contributed by atoms with Crippen molar-refractivity contribution in [3.63, 3.8) is 0 Å². The molecule has 1 fully saturated rings. The largest absolute Gasteiger partial charge is 0.396 e. The molecule has 1 heterocycles. The van der Waals surface area contributed by atoms with Crippen LogP contribution in [0.3, 0.4) is 0 Å². The van der Waals surface area contributed by atoms with Crippen LogP contribution in [-0.4, -0.2) is 43.3 Å². The van der Waals surface area contributed by atoms with Crippen LogP contribution in [0.15, 0.2) is 0 Å². The minimum atomic E-state index is -0.492. The van der Waals surface area contributed by atoms with E-state index >= 15 is 0 Å². The Morgan fingerprint density at radius 3 is 2.71 bits per heavy atom. The Balaban J connectivity index is 2.20. The number of unbranched alkanes of at least 4 members (excludes halogenated alkanes) is 1. The Kier molecular flexibility index (Phi) is 6.41. The molecule has 2 atom stereocenters. The molecule has 2 N–H and O–H groups in total. The maximum Gasteiger partial charge on any atom is 0.163 e. The Hall–Kier alpha value is -0.160. The first-order chi connectivity index (χ1) is 8.09. The Morgan fingerprint density at radius 1 is 1.41 bits per heavy atom. The van der Waals surface area contributed by atoms with Crippen LogP contribution in [0, 0.1) is 5.92 Å². The first-order valence-electron chi connectivity index (χ1n) is 6.72. The van der Waals surface area contributed by atoms with E-state index in [9.17, 15) is 5.11 Å². The highest BCUT2D eigenvalue weighted by Crippen LogP contribution is 2.27. The molecule has 0 aromatic heterocycles. The second-order valence-corrected chi connectivity index (χ2v) is 5.20. The number of ether oxygens (including phenoxy) is 2. The Labute approximate surface area is 105 Å². The fourth-order valence-electron chi connectivity index (χ4n) is 2.06. The molecule has 0 saturated carbocycles. The zero-order valence-electron chi connectivity index (χ0n) is 11.4.